The summed E-state index contributed by atoms with van der Waals surface area (Å²) in [6, 6.07) is 3.29. The molecule has 2 saturated carbocycles. The minimum Gasteiger partial charge on any atom is -0.392 e. The number of aliphatic hydroxyl groups is 1. The summed E-state index contributed by atoms with van der Waals surface area (Å²) in [5.74, 6) is -0.698. The number of aromatic nitrogens is 2. The van der Waals surface area contributed by atoms with Gasteiger partial charge >= 0.3 is 0 Å². The van der Waals surface area contributed by atoms with Crippen LogP contribution in [0.1, 0.15) is 61.0 Å². The quantitative estimate of drug-likeness (QED) is 0.658. The van der Waals surface area contributed by atoms with Gasteiger partial charge in [0.05, 0.1) is 12.0 Å². The van der Waals surface area contributed by atoms with Gasteiger partial charge in [-0.1, -0.05) is 6.07 Å². The Hall–Kier alpha value is -2.32. The lowest BCUT2D eigenvalue weighted by atomic mass is 9.95. The molecule has 1 aliphatic heterocycles. The Bertz CT molecular complexity index is 955. The normalized spacial score (nSPS) is 28.4. The number of H-pyrrole nitrogens is 1. The first-order chi connectivity index (χ1) is 15.0. The minimum absolute atomic E-state index is 0.00538. The number of amides is 1. The molecule has 3 aliphatic rings. The lowest BCUT2D eigenvalue weighted by Crippen LogP contribution is -2.38. The van der Waals surface area contributed by atoms with Crippen LogP contribution in [0.25, 0.3) is 0 Å². The highest BCUT2D eigenvalue weighted by Gasteiger charge is 2.48. The Balaban J connectivity index is 1.37. The van der Waals surface area contributed by atoms with E-state index >= 15 is 0 Å². The average Bonchev–Trinajstić information content (AvgIpc) is 3.15. The number of nitrogens with zero attached hydrogens (tertiary/aromatic N) is 2. The minimum atomic E-state index is -0.851. The fraction of sp³-hybridized carbons (Fsp3) is 0.565. The zero-order valence-electron chi connectivity index (χ0n) is 17.4. The Labute approximate surface area is 180 Å². The number of halogens is 2. The van der Waals surface area contributed by atoms with Gasteiger partial charge in [-0.3, -0.25) is 4.79 Å². The summed E-state index contributed by atoms with van der Waals surface area (Å²) in [6.07, 6.45) is 5.59. The third-order valence-electron chi connectivity index (χ3n) is 6.96. The molecule has 2 aliphatic carbocycles. The number of carbonyl (C=O) groups excluding carboxylic acids is 1. The molecule has 4 atom stereocenters. The van der Waals surface area contributed by atoms with E-state index in [-0.39, 0.29) is 24.4 Å². The molecule has 3 fully saturated rings. The molecular formula is C23H28F2N4O2. The molecule has 2 heterocycles. The van der Waals surface area contributed by atoms with Crippen molar-refractivity contribution < 1.29 is 18.7 Å². The fourth-order valence-corrected chi connectivity index (χ4v) is 5.07. The van der Waals surface area contributed by atoms with E-state index in [0.29, 0.717) is 17.9 Å². The Morgan fingerprint density at radius 3 is 2.74 bits per heavy atom. The third-order valence-corrected chi connectivity index (χ3v) is 6.96. The number of nitrogens with one attached hydrogen (secondary N) is 2. The van der Waals surface area contributed by atoms with Crippen LogP contribution in [0, 0.1) is 17.6 Å². The molecule has 5 rings (SSSR count). The molecule has 0 radical (unpaired) electrons. The maximum Gasteiger partial charge on any atom is 0.228 e. The Kier molecular flexibility index (Phi) is 5.52. The van der Waals surface area contributed by atoms with Crippen LogP contribution in [0.15, 0.2) is 24.4 Å². The van der Waals surface area contributed by atoms with E-state index in [2.05, 4.69) is 15.3 Å². The van der Waals surface area contributed by atoms with Gasteiger partial charge in [0.1, 0.15) is 17.5 Å². The smallest absolute Gasteiger partial charge is 0.228 e. The van der Waals surface area contributed by atoms with E-state index < -0.39 is 23.7 Å². The summed E-state index contributed by atoms with van der Waals surface area (Å²) in [4.78, 5) is 22.8. The number of carbonyl (C=O) groups is 1. The Morgan fingerprint density at radius 1 is 1.26 bits per heavy atom. The van der Waals surface area contributed by atoms with Crippen LogP contribution in [0.3, 0.4) is 0 Å². The zero-order valence-corrected chi connectivity index (χ0v) is 17.4. The molecule has 2 aromatic rings. The number of likely N-dealkylation sites (tertiary alicyclic amines) is 1. The highest BCUT2D eigenvalue weighted by molar-refractivity contribution is 5.80. The number of aromatic amines is 1. The molecule has 0 unspecified atom stereocenters. The number of imidazole rings is 1. The van der Waals surface area contributed by atoms with Gasteiger partial charge in [0.15, 0.2) is 0 Å². The van der Waals surface area contributed by atoms with Crippen LogP contribution in [-0.4, -0.2) is 51.1 Å². The Morgan fingerprint density at radius 2 is 2.03 bits per heavy atom. The number of benzene rings is 1. The van der Waals surface area contributed by atoms with E-state index in [1.54, 1.807) is 6.20 Å². The molecule has 1 aromatic carbocycles. The van der Waals surface area contributed by atoms with Crippen molar-refractivity contribution in [3.05, 3.63) is 53.1 Å². The maximum atomic E-state index is 14.1. The summed E-state index contributed by atoms with van der Waals surface area (Å²) < 4.78 is 27.4. The molecule has 1 amide bonds. The molecule has 1 aromatic heterocycles. The molecular weight excluding hydrogens is 402 g/mol. The van der Waals surface area contributed by atoms with Crippen LogP contribution < -0.4 is 5.32 Å². The first-order valence-electron chi connectivity index (χ1n) is 11.2. The number of rotatable bonds is 6. The maximum absolute atomic E-state index is 14.1. The van der Waals surface area contributed by atoms with Crippen LogP contribution >= 0.6 is 0 Å². The lowest BCUT2D eigenvalue weighted by molar-refractivity contribution is -0.137. The van der Waals surface area contributed by atoms with Gasteiger partial charge in [-0.05, 0) is 38.2 Å². The molecule has 166 valence electrons. The van der Waals surface area contributed by atoms with Gasteiger partial charge in [0.2, 0.25) is 5.91 Å². The van der Waals surface area contributed by atoms with E-state index in [1.807, 2.05) is 4.90 Å². The fourth-order valence-electron chi connectivity index (χ4n) is 5.07. The van der Waals surface area contributed by atoms with Crippen LogP contribution in [0.5, 0.6) is 0 Å². The molecule has 3 N–H and O–H groups in total. The first-order valence-corrected chi connectivity index (χ1v) is 11.2. The summed E-state index contributed by atoms with van der Waals surface area (Å²) in [5, 5.41) is 14.5. The van der Waals surface area contributed by atoms with E-state index in [1.165, 1.54) is 12.1 Å². The van der Waals surface area contributed by atoms with Crippen LogP contribution in [0.4, 0.5) is 8.78 Å². The zero-order chi connectivity index (χ0) is 21.5. The van der Waals surface area contributed by atoms with Gasteiger partial charge in [0, 0.05) is 61.0 Å². The predicted molar refractivity (Wildman–Crippen MR) is 110 cm³/mol. The van der Waals surface area contributed by atoms with E-state index in [9.17, 15) is 18.7 Å². The van der Waals surface area contributed by atoms with Crippen LogP contribution in [-0.2, 0) is 11.3 Å². The second-order valence-corrected chi connectivity index (χ2v) is 9.11. The van der Waals surface area contributed by atoms with Crippen molar-refractivity contribution in [2.75, 3.05) is 13.1 Å². The van der Waals surface area contributed by atoms with Crippen LogP contribution in [0.2, 0.25) is 0 Å². The van der Waals surface area contributed by atoms with Crippen molar-refractivity contribution in [2.24, 2.45) is 5.92 Å². The average molecular weight is 430 g/mol. The first kappa shape index (κ1) is 20.6. The second kappa shape index (κ2) is 8.31. The summed E-state index contributed by atoms with van der Waals surface area (Å²) in [6.45, 7) is 1.66. The van der Waals surface area contributed by atoms with Crippen molar-refractivity contribution >= 4 is 5.91 Å². The summed E-state index contributed by atoms with van der Waals surface area (Å²) in [5.41, 5.74) is 1.16. The standard InChI is InChI=1S/C23H28F2N4O2/c24-15-6-5-14(17(25)9-15)11-26-18-10-16(23(31)29-7-1-2-8-29)21(30)20(18)19-12-27-22(28-19)13-3-4-13/h5-6,9,12-13,16,18,20-21,26,30H,1-4,7-8,10-11H2,(H,27,28)/t16-,18+,20+,21+/m0/s1. The van der Waals surface area contributed by atoms with Crippen molar-refractivity contribution in [2.45, 2.75) is 62.6 Å². The summed E-state index contributed by atoms with van der Waals surface area (Å²) >= 11 is 0. The third kappa shape index (κ3) is 4.11. The van der Waals surface area contributed by atoms with Crippen molar-refractivity contribution in [3.63, 3.8) is 0 Å². The molecule has 6 nitrogen and oxygen atoms in total. The summed E-state index contributed by atoms with van der Waals surface area (Å²) in [7, 11) is 0. The van der Waals surface area contributed by atoms with Gasteiger partial charge < -0.3 is 20.3 Å². The largest absolute Gasteiger partial charge is 0.392 e. The van der Waals surface area contributed by atoms with Gasteiger partial charge in [-0.2, -0.15) is 0 Å². The number of hydrogen-bond donors (Lipinski definition) is 3. The highest BCUT2D eigenvalue weighted by Crippen LogP contribution is 2.42. The highest BCUT2D eigenvalue weighted by atomic mass is 19.1. The van der Waals surface area contributed by atoms with E-state index in [0.717, 1.165) is 56.4 Å². The molecule has 0 spiro atoms. The lowest BCUT2D eigenvalue weighted by Gasteiger charge is -2.24. The number of aliphatic hydroxyl groups excluding tert-OH is 1. The molecule has 8 heteroatoms. The molecule has 1 saturated heterocycles. The monoisotopic (exact) mass is 430 g/mol. The van der Waals surface area contributed by atoms with Gasteiger partial charge in [-0.15, -0.1) is 0 Å². The number of hydrogen-bond acceptors (Lipinski definition) is 4. The van der Waals surface area contributed by atoms with Gasteiger partial charge in [0.25, 0.3) is 0 Å². The van der Waals surface area contributed by atoms with Gasteiger partial charge in [-0.25, -0.2) is 13.8 Å². The molecule has 0 bridgehead atoms. The van der Waals surface area contributed by atoms with E-state index in [4.69, 9.17) is 0 Å². The van der Waals surface area contributed by atoms with Crippen molar-refractivity contribution in [3.8, 4) is 0 Å². The second-order valence-electron chi connectivity index (χ2n) is 9.11. The van der Waals surface area contributed by atoms with Crippen molar-refractivity contribution in [1.82, 2.24) is 20.2 Å². The van der Waals surface area contributed by atoms with Crippen molar-refractivity contribution in [1.29, 1.82) is 0 Å². The molecule has 31 heavy (non-hydrogen) atoms. The topological polar surface area (TPSA) is 81.2 Å². The predicted octanol–water partition coefficient (Wildman–Crippen LogP) is 2.81. The SMILES string of the molecule is O=C([C@H]1C[C@@H](NCc2ccc(F)cc2F)[C@H](c2cnc(C3CC3)[nH]2)[C@@H]1O)N1CCCC1.